The zero-order valence-electron chi connectivity index (χ0n) is 7.93. The Bertz CT molecular complexity index is 364. The Balaban J connectivity index is 3.31. The molecule has 82 valence electrons. The Morgan fingerprint density at radius 3 is 2.53 bits per heavy atom. The van der Waals surface area contributed by atoms with E-state index in [1.165, 1.54) is 6.92 Å². The minimum Gasteiger partial charge on any atom is -0.505 e. The number of rotatable bonds is 3. The average Bonchev–Trinajstić information content (AvgIpc) is 2.16. The summed E-state index contributed by atoms with van der Waals surface area (Å²) >= 11 is 0. The van der Waals surface area contributed by atoms with Crippen LogP contribution in [-0.2, 0) is 4.79 Å². The Kier molecular flexibility index (Phi) is 3.34. The molecule has 0 aliphatic carbocycles. The number of carbonyl (C=O) groups is 1. The summed E-state index contributed by atoms with van der Waals surface area (Å²) in [5.74, 6) is -5.68. The van der Waals surface area contributed by atoms with Gasteiger partial charge in [-0.15, -0.1) is 0 Å². The van der Waals surface area contributed by atoms with Crippen LogP contribution in [0.15, 0.2) is 6.07 Å². The predicted molar refractivity (Wildman–Crippen MR) is 47.1 cm³/mol. The molecule has 0 aliphatic heterocycles. The molecule has 2 nitrogen and oxygen atoms in total. The first-order valence-electron chi connectivity index (χ1n) is 4.29. The van der Waals surface area contributed by atoms with E-state index in [0.717, 1.165) is 0 Å². The highest BCUT2D eigenvalue weighted by Gasteiger charge is 2.22. The molecule has 0 heterocycles. The van der Waals surface area contributed by atoms with Crippen LogP contribution in [0.3, 0.4) is 0 Å². The van der Waals surface area contributed by atoms with Gasteiger partial charge in [-0.1, -0.05) is 6.92 Å². The van der Waals surface area contributed by atoms with Gasteiger partial charge >= 0.3 is 0 Å². The summed E-state index contributed by atoms with van der Waals surface area (Å²) in [7, 11) is 0. The van der Waals surface area contributed by atoms with E-state index < -0.39 is 34.7 Å². The van der Waals surface area contributed by atoms with E-state index in [-0.39, 0.29) is 6.42 Å². The normalized spacial score (nSPS) is 12.5. The third-order valence-corrected chi connectivity index (χ3v) is 2.11. The van der Waals surface area contributed by atoms with Crippen molar-refractivity contribution >= 4 is 6.29 Å². The molecule has 0 radical (unpaired) electrons. The summed E-state index contributed by atoms with van der Waals surface area (Å²) < 4.78 is 39.2. The van der Waals surface area contributed by atoms with Gasteiger partial charge in [0.05, 0.1) is 0 Å². The minimum atomic E-state index is -1.36. The molecule has 0 aromatic heterocycles. The van der Waals surface area contributed by atoms with Crippen molar-refractivity contribution in [3.63, 3.8) is 0 Å². The molecule has 1 aromatic carbocycles. The Hall–Kier alpha value is -1.52. The molecule has 5 heteroatoms. The third-order valence-electron chi connectivity index (χ3n) is 2.11. The number of benzene rings is 1. The van der Waals surface area contributed by atoms with Crippen LogP contribution in [0.25, 0.3) is 0 Å². The SMILES string of the molecule is CC(CC=O)c1c(F)c(O)cc(F)c1F. The fourth-order valence-electron chi connectivity index (χ4n) is 1.30. The van der Waals surface area contributed by atoms with E-state index in [9.17, 15) is 18.0 Å². The highest BCUT2D eigenvalue weighted by molar-refractivity contribution is 5.52. The van der Waals surface area contributed by atoms with Gasteiger partial charge in [0.1, 0.15) is 6.29 Å². The standard InChI is InChI=1S/C10H9F3O2/c1-5(2-3-14)8-9(12)6(11)4-7(15)10(8)13/h3-5,15H,2H2,1H3. The van der Waals surface area contributed by atoms with Crippen LogP contribution in [0.5, 0.6) is 5.75 Å². The van der Waals surface area contributed by atoms with E-state index in [0.29, 0.717) is 12.4 Å². The van der Waals surface area contributed by atoms with Gasteiger partial charge in [-0.25, -0.2) is 13.2 Å². The van der Waals surface area contributed by atoms with Gasteiger partial charge in [0.2, 0.25) is 0 Å². The van der Waals surface area contributed by atoms with Crippen molar-refractivity contribution in [3.05, 3.63) is 29.1 Å². The molecule has 0 aliphatic rings. The lowest BCUT2D eigenvalue weighted by molar-refractivity contribution is -0.108. The van der Waals surface area contributed by atoms with E-state index in [1.807, 2.05) is 0 Å². The molecule has 0 bridgehead atoms. The number of halogens is 3. The highest BCUT2D eigenvalue weighted by Crippen LogP contribution is 2.31. The topological polar surface area (TPSA) is 37.3 Å². The van der Waals surface area contributed by atoms with Gasteiger partial charge in [-0.3, -0.25) is 0 Å². The van der Waals surface area contributed by atoms with Crippen molar-refractivity contribution in [1.29, 1.82) is 0 Å². The summed E-state index contributed by atoms with van der Waals surface area (Å²) in [6, 6.07) is 0.363. The number of phenols is 1. The van der Waals surface area contributed by atoms with Crippen molar-refractivity contribution in [2.75, 3.05) is 0 Å². The second kappa shape index (κ2) is 4.33. The van der Waals surface area contributed by atoms with Gasteiger partial charge in [-0.2, -0.15) is 0 Å². The molecular formula is C10H9F3O2. The number of hydrogen-bond acceptors (Lipinski definition) is 2. The second-order valence-electron chi connectivity index (χ2n) is 3.22. The Labute approximate surface area is 84.3 Å². The lowest BCUT2D eigenvalue weighted by Crippen LogP contribution is -2.04. The third kappa shape index (κ3) is 2.11. The monoisotopic (exact) mass is 218 g/mol. The fourth-order valence-corrected chi connectivity index (χ4v) is 1.30. The summed E-state index contributed by atoms with van der Waals surface area (Å²) in [5.41, 5.74) is -0.598. The lowest BCUT2D eigenvalue weighted by Gasteiger charge is -2.12. The van der Waals surface area contributed by atoms with Crippen molar-refractivity contribution in [2.24, 2.45) is 0 Å². The second-order valence-corrected chi connectivity index (χ2v) is 3.22. The molecule has 0 spiro atoms. The maximum atomic E-state index is 13.2. The molecule has 1 N–H and O–H groups in total. The molecule has 1 rings (SSSR count). The molecule has 1 aromatic rings. The van der Waals surface area contributed by atoms with E-state index >= 15 is 0 Å². The predicted octanol–water partition coefficient (Wildman–Crippen LogP) is 2.50. The molecule has 0 saturated carbocycles. The van der Waals surface area contributed by atoms with Crippen LogP contribution in [-0.4, -0.2) is 11.4 Å². The number of aromatic hydroxyl groups is 1. The summed E-state index contributed by atoms with van der Waals surface area (Å²) in [4.78, 5) is 10.2. The van der Waals surface area contributed by atoms with Crippen molar-refractivity contribution < 1.29 is 23.1 Å². The maximum absolute atomic E-state index is 13.2. The van der Waals surface area contributed by atoms with Crippen molar-refractivity contribution in [3.8, 4) is 5.75 Å². The number of phenolic OH excluding ortho intramolecular Hbond substituents is 1. The minimum absolute atomic E-state index is 0.142. The highest BCUT2D eigenvalue weighted by atomic mass is 19.2. The maximum Gasteiger partial charge on any atom is 0.171 e. The van der Waals surface area contributed by atoms with Crippen LogP contribution in [0, 0.1) is 17.5 Å². The van der Waals surface area contributed by atoms with Gasteiger partial charge in [-0.05, 0) is 5.92 Å². The quantitative estimate of drug-likeness (QED) is 0.625. The molecule has 1 atom stereocenters. The smallest absolute Gasteiger partial charge is 0.171 e. The molecule has 15 heavy (non-hydrogen) atoms. The van der Waals surface area contributed by atoms with E-state index in [1.54, 1.807) is 0 Å². The van der Waals surface area contributed by atoms with Crippen LogP contribution in [0.1, 0.15) is 24.8 Å². The molecule has 1 unspecified atom stereocenters. The van der Waals surface area contributed by atoms with Crippen LogP contribution in [0.4, 0.5) is 13.2 Å². The summed E-state index contributed by atoms with van der Waals surface area (Å²) in [5, 5.41) is 8.95. The molecule has 0 saturated heterocycles. The first kappa shape index (κ1) is 11.6. The summed E-state index contributed by atoms with van der Waals surface area (Å²) in [6.07, 6.45) is 0.336. The Morgan fingerprint density at radius 1 is 1.40 bits per heavy atom. The van der Waals surface area contributed by atoms with Gasteiger partial charge in [0, 0.05) is 18.1 Å². The molecule has 0 amide bonds. The lowest BCUT2D eigenvalue weighted by atomic mass is 9.96. The number of carbonyl (C=O) groups excluding carboxylic acids is 1. The van der Waals surface area contributed by atoms with Crippen molar-refractivity contribution in [1.82, 2.24) is 0 Å². The largest absolute Gasteiger partial charge is 0.505 e. The average molecular weight is 218 g/mol. The molecule has 0 fully saturated rings. The van der Waals surface area contributed by atoms with E-state index in [4.69, 9.17) is 5.11 Å². The first-order valence-corrected chi connectivity index (χ1v) is 4.29. The Morgan fingerprint density at radius 2 is 2.00 bits per heavy atom. The van der Waals surface area contributed by atoms with E-state index in [2.05, 4.69) is 0 Å². The fraction of sp³-hybridized carbons (Fsp3) is 0.300. The number of aldehydes is 1. The van der Waals surface area contributed by atoms with Crippen LogP contribution >= 0.6 is 0 Å². The first-order chi connectivity index (χ1) is 6.99. The summed E-state index contributed by atoms with van der Waals surface area (Å²) in [6.45, 7) is 1.37. The van der Waals surface area contributed by atoms with Gasteiger partial charge in [0.15, 0.2) is 23.2 Å². The zero-order valence-corrected chi connectivity index (χ0v) is 7.93. The molecular weight excluding hydrogens is 209 g/mol. The van der Waals surface area contributed by atoms with Crippen molar-refractivity contribution in [2.45, 2.75) is 19.3 Å². The number of hydrogen-bond donors (Lipinski definition) is 1. The van der Waals surface area contributed by atoms with Gasteiger partial charge in [0.25, 0.3) is 0 Å². The van der Waals surface area contributed by atoms with Gasteiger partial charge < -0.3 is 9.90 Å². The van der Waals surface area contributed by atoms with Crippen LogP contribution in [0.2, 0.25) is 0 Å². The van der Waals surface area contributed by atoms with Crippen LogP contribution < -0.4 is 0 Å². The zero-order chi connectivity index (χ0) is 11.6.